The van der Waals surface area contributed by atoms with Gasteiger partial charge in [-0.15, -0.1) is 0 Å². The molecule has 0 aliphatic heterocycles. The minimum absolute atomic E-state index is 0.0247. The Morgan fingerprint density at radius 2 is 1.68 bits per heavy atom. The van der Waals surface area contributed by atoms with E-state index >= 15 is 0 Å². The molecule has 2 N–H and O–H groups in total. The maximum absolute atomic E-state index is 12.8. The molecule has 0 amide bonds. The molecule has 0 aliphatic rings. The minimum atomic E-state index is -4.63. The van der Waals surface area contributed by atoms with E-state index in [2.05, 4.69) is 4.98 Å². The van der Waals surface area contributed by atoms with Gasteiger partial charge in [-0.25, -0.2) is 4.98 Å². The second-order valence-electron chi connectivity index (χ2n) is 4.87. The molecular weight excluding hydrogens is 432 g/mol. The van der Waals surface area contributed by atoms with Crippen LogP contribution in [0.15, 0.2) is 17.2 Å². The highest BCUT2D eigenvalue weighted by Crippen LogP contribution is 2.40. The fraction of sp³-hybridized carbons (Fsp3) is 0.308. The van der Waals surface area contributed by atoms with E-state index in [0.717, 1.165) is 0 Å². The van der Waals surface area contributed by atoms with Crippen LogP contribution in [0.5, 0.6) is 0 Å². The molecule has 0 spiro atoms. The molecule has 0 atom stereocenters. The lowest BCUT2D eigenvalue weighted by Gasteiger charge is -2.15. The zero-order valence-electron chi connectivity index (χ0n) is 12.3. The van der Waals surface area contributed by atoms with Crippen LogP contribution in [0.4, 0.5) is 27.8 Å². The lowest BCUT2D eigenvalue weighted by Crippen LogP contribution is -2.10. The Morgan fingerprint density at radius 3 is 2.12 bits per heavy atom. The first-order valence-corrected chi connectivity index (χ1v) is 8.54. The molecule has 2 rings (SSSR count). The maximum Gasteiger partial charge on any atom is 0.416 e. The number of nitrogens with zero attached hydrogens (tertiary/aromatic N) is 2. The van der Waals surface area contributed by atoms with Crippen molar-refractivity contribution in [2.75, 3.05) is 11.5 Å². The molecule has 0 unspecified atom stereocenters. The van der Waals surface area contributed by atoms with Crippen molar-refractivity contribution >= 4 is 52.4 Å². The van der Waals surface area contributed by atoms with Gasteiger partial charge in [-0.1, -0.05) is 35.0 Å². The highest BCUT2D eigenvalue weighted by Gasteiger charge is 2.33. The Labute approximate surface area is 158 Å². The standard InChI is InChI=1S/C13H9Cl3F5N3S/c1-5-23-11(25-4-12(16,17)18)10(22)24(5)9-7(14)2-6(3-8(9)15)13(19,20)21/h2-3H,4,22H2,1H3. The third-order valence-electron chi connectivity index (χ3n) is 2.99. The van der Waals surface area contributed by atoms with Crippen molar-refractivity contribution < 1.29 is 22.0 Å². The summed E-state index contributed by atoms with van der Waals surface area (Å²) in [5.74, 6) is -0.669. The molecule has 138 valence electrons. The Hall–Kier alpha value is -0.900. The highest BCUT2D eigenvalue weighted by atomic mass is 35.5. The predicted octanol–water partition coefficient (Wildman–Crippen LogP) is 6.01. The van der Waals surface area contributed by atoms with Crippen molar-refractivity contribution in [1.29, 1.82) is 0 Å². The second-order valence-corrected chi connectivity index (χ2v) is 7.21. The molecule has 1 aromatic heterocycles. The van der Waals surface area contributed by atoms with Crippen molar-refractivity contribution in [1.82, 2.24) is 9.55 Å². The third kappa shape index (κ3) is 4.64. The minimum Gasteiger partial charge on any atom is -0.383 e. The van der Waals surface area contributed by atoms with Crippen LogP contribution in [-0.2, 0) is 6.18 Å². The van der Waals surface area contributed by atoms with Gasteiger partial charge in [0.15, 0.2) is 0 Å². The number of rotatable bonds is 4. The van der Waals surface area contributed by atoms with Gasteiger partial charge in [0.05, 0.1) is 27.0 Å². The zero-order chi connectivity index (χ0) is 19.2. The zero-order valence-corrected chi connectivity index (χ0v) is 15.3. The van der Waals surface area contributed by atoms with E-state index in [0.29, 0.717) is 23.9 Å². The van der Waals surface area contributed by atoms with E-state index in [4.69, 9.17) is 40.5 Å². The maximum atomic E-state index is 12.8. The summed E-state index contributed by atoms with van der Waals surface area (Å²) in [6.45, 7) is 1.48. The number of aromatic nitrogens is 2. The van der Waals surface area contributed by atoms with E-state index in [1.54, 1.807) is 0 Å². The number of hydrogen-bond acceptors (Lipinski definition) is 3. The Bertz CT molecular complexity index is 778. The lowest BCUT2D eigenvalue weighted by atomic mass is 10.2. The van der Waals surface area contributed by atoms with Crippen molar-refractivity contribution in [3.63, 3.8) is 0 Å². The summed E-state index contributed by atoms with van der Waals surface area (Å²) in [7, 11) is 0. The summed E-state index contributed by atoms with van der Waals surface area (Å²) in [6, 6.07) is 1.39. The molecule has 2 aromatic rings. The SMILES string of the molecule is Cc1nc(SCC(F)(F)Cl)c(N)n1-c1c(Cl)cc(C(F)(F)F)cc1Cl. The van der Waals surface area contributed by atoms with Gasteiger partial charge in [-0.05, 0) is 30.7 Å². The normalized spacial score (nSPS) is 12.7. The number of aryl methyl sites for hydroxylation is 1. The van der Waals surface area contributed by atoms with Crippen molar-refractivity contribution in [3.05, 3.63) is 33.6 Å². The van der Waals surface area contributed by atoms with Gasteiger partial charge in [0.1, 0.15) is 16.7 Å². The average Bonchev–Trinajstić information content (AvgIpc) is 2.70. The first-order chi connectivity index (χ1) is 11.3. The number of hydrogen-bond donors (Lipinski definition) is 1. The van der Waals surface area contributed by atoms with E-state index in [1.807, 2.05) is 0 Å². The van der Waals surface area contributed by atoms with E-state index < -0.39 is 22.9 Å². The van der Waals surface area contributed by atoms with Crippen molar-refractivity contribution in [3.8, 4) is 5.69 Å². The number of nitrogens with two attached hydrogens (primary N) is 1. The van der Waals surface area contributed by atoms with Crippen molar-refractivity contribution in [2.24, 2.45) is 0 Å². The number of imidazole rings is 1. The van der Waals surface area contributed by atoms with Crippen molar-refractivity contribution in [2.45, 2.75) is 23.5 Å². The van der Waals surface area contributed by atoms with Crippen LogP contribution in [-0.4, -0.2) is 20.7 Å². The summed E-state index contributed by atoms with van der Waals surface area (Å²) < 4.78 is 65.2. The number of nitrogen functional groups attached to an aromatic ring is 1. The van der Waals surface area contributed by atoms with E-state index in [-0.39, 0.29) is 32.4 Å². The fourth-order valence-electron chi connectivity index (χ4n) is 2.01. The molecule has 12 heteroatoms. The van der Waals surface area contributed by atoms with Crippen LogP contribution >= 0.6 is 46.6 Å². The Balaban J connectivity index is 2.51. The predicted molar refractivity (Wildman–Crippen MR) is 89.3 cm³/mol. The van der Waals surface area contributed by atoms with Crippen LogP contribution < -0.4 is 5.73 Å². The molecule has 0 bridgehead atoms. The Kier molecular flexibility index (Phi) is 5.73. The Morgan fingerprint density at radius 1 is 1.16 bits per heavy atom. The van der Waals surface area contributed by atoms with Gasteiger partial charge in [0.2, 0.25) is 0 Å². The molecular formula is C13H9Cl3F5N3S. The van der Waals surface area contributed by atoms with Gasteiger partial charge in [-0.2, -0.15) is 22.0 Å². The summed E-state index contributed by atoms with van der Waals surface area (Å²) >= 11 is 17.3. The number of anilines is 1. The molecule has 1 heterocycles. The molecule has 0 saturated carbocycles. The average molecular weight is 441 g/mol. The lowest BCUT2D eigenvalue weighted by molar-refractivity contribution is -0.137. The number of thioether (sulfide) groups is 1. The van der Waals surface area contributed by atoms with Gasteiger partial charge in [0, 0.05) is 0 Å². The van der Waals surface area contributed by atoms with Gasteiger partial charge in [0.25, 0.3) is 0 Å². The van der Waals surface area contributed by atoms with E-state index in [9.17, 15) is 22.0 Å². The summed E-state index contributed by atoms with van der Waals surface area (Å²) in [5, 5.41) is -4.05. The second kappa shape index (κ2) is 7.02. The molecule has 0 saturated heterocycles. The summed E-state index contributed by atoms with van der Waals surface area (Å²) in [5.41, 5.74) is 4.83. The quantitative estimate of drug-likeness (QED) is 0.360. The third-order valence-corrected chi connectivity index (χ3v) is 4.94. The van der Waals surface area contributed by atoms with Crippen LogP contribution in [0, 0.1) is 6.92 Å². The first kappa shape index (κ1) is 20.4. The molecule has 25 heavy (non-hydrogen) atoms. The highest BCUT2D eigenvalue weighted by molar-refractivity contribution is 7.99. The number of benzene rings is 1. The fourth-order valence-corrected chi connectivity index (χ4v) is 3.56. The van der Waals surface area contributed by atoms with Crippen LogP contribution in [0.2, 0.25) is 10.0 Å². The molecule has 0 fully saturated rings. The van der Waals surface area contributed by atoms with Crippen LogP contribution in [0.3, 0.4) is 0 Å². The smallest absolute Gasteiger partial charge is 0.383 e. The topological polar surface area (TPSA) is 43.8 Å². The number of halogens is 8. The molecule has 0 aliphatic carbocycles. The van der Waals surface area contributed by atoms with Crippen LogP contribution in [0.1, 0.15) is 11.4 Å². The first-order valence-electron chi connectivity index (χ1n) is 6.42. The van der Waals surface area contributed by atoms with E-state index in [1.165, 1.54) is 11.5 Å². The van der Waals surface area contributed by atoms with Crippen LogP contribution in [0.25, 0.3) is 5.69 Å². The largest absolute Gasteiger partial charge is 0.416 e. The molecule has 3 nitrogen and oxygen atoms in total. The molecule has 1 aromatic carbocycles. The van der Waals surface area contributed by atoms with Gasteiger partial charge >= 0.3 is 11.6 Å². The summed E-state index contributed by atoms with van der Waals surface area (Å²) in [4.78, 5) is 4.01. The molecule has 0 radical (unpaired) electrons. The van der Waals surface area contributed by atoms with Gasteiger partial charge < -0.3 is 5.73 Å². The van der Waals surface area contributed by atoms with Gasteiger partial charge in [-0.3, -0.25) is 4.57 Å². The number of alkyl halides is 6. The monoisotopic (exact) mass is 439 g/mol. The summed E-state index contributed by atoms with van der Waals surface area (Å²) in [6.07, 6.45) is -4.63.